The molecule has 1 aliphatic carbocycles. The molecule has 0 aliphatic heterocycles. The highest BCUT2D eigenvalue weighted by molar-refractivity contribution is 7.91. The van der Waals surface area contributed by atoms with Crippen LogP contribution in [0.15, 0.2) is 4.21 Å². The first-order valence-corrected chi connectivity index (χ1v) is 8.36. The van der Waals surface area contributed by atoms with Gasteiger partial charge in [-0.1, -0.05) is 29.4 Å². The van der Waals surface area contributed by atoms with E-state index in [1.54, 1.807) is 6.92 Å². The number of sulfonamides is 1. The zero-order valence-corrected chi connectivity index (χ0v) is 12.4. The molecule has 0 bridgehead atoms. The zero-order valence-electron chi connectivity index (χ0n) is 9.97. The molecule has 8 heteroatoms. The Hall–Kier alpha value is -0.210. The van der Waals surface area contributed by atoms with Crippen LogP contribution in [0.25, 0.3) is 0 Å². The second kappa shape index (κ2) is 5.42. The molecule has 1 aliphatic rings. The molecule has 1 fully saturated rings. The van der Waals surface area contributed by atoms with Gasteiger partial charge in [0.05, 0.1) is 12.3 Å². The van der Waals surface area contributed by atoms with Crippen molar-refractivity contribution in [2.45, 2.75) is 36.4 Å². The van der Waals surface area contributed by atoms with Gasteiger partial charge in [-0.05, 0) is 19.8 Å². The number of aryl methyl sites for hydroxylation is 1. The van der Waals surface area contributed by atoms with Crippen LogP contribution in [0.4, 0.5) is 0 Å². The summed E-state index contributed by atoms with van der Waals surface area (Å²) in [6.45, 7) is 1.58. The summed E-state index contributed by atoms with van der Waals surface area (Å²) in [5.74, 6) is 0. The Labute approximate surface area is 115 Å². The van der Waals surface area contributed by atoms with Gasteiger partial charge < -0.3 is 5.11 Å². The molecule has 0 spiro atoms. The molecule has 2 rings (SSSR count). The normalized spacial score (nSPS) is 17.1. The van der Waals surface area contributed by atoms with Crippen LogP contribution in [-0.4, -0.2) is 42.0 Å². The van der Waals surface area contributed by atoms with Crippen LogP contribution < -0.4 is 0 Å². The highest BCUT2D eigenvalue weighted by Gasteiger charge is 2.36. The van der Waals surface area contributed by atoms with E-state index in [1.165, 1.54) is 4.31 Å². The molecular weight excluding hydrogens is 296 g/mol. The van der Waals surface area contributed by atoms with E-state index in [1.807, 2.05) is 0 Å². The van der Waals surface area contributed by atoms with Gasteiger partial charge in [-0.3, -0.25) is 0 Å². The molecule has 1 saturated carbocycles. The SMILES string of the molecule is Cc1nc(Cl)sc1S(=O)(=O)N(CCO)C1CCC1. The fourth-order valence-electron chi connectivity index (χ4n) is 1.97. The summed E-state index contributed by atoms with van der Waals surface area (Å²) in [4.78, 5) is 3.94. The second-order valence-electron chi connectivity index (χ2n) is 4.26. The van der Waals surface area contributed by atoms with Gasteiger partial charge in [-0.15, -0.1) is 0 Å². The van der Waals surface area contributed by atoms with Crippen LogP contribution in [0.1, 0.15) is 25.0 Å². The van der Waals surface area contributed by atoms with Gasteiger partial charge >= 0.3 is 0 Å². The van der Waals surface area contributed by atoms with Gasteiger partial charge in [0.2, 0.25) is 0 Å². The fourth-order valence-corrected chi connectivity index (χ4v) is 5.50. The third kappa shape index (κ3) is 2.55. The first-order chi connectivity index (χ1) is 8.46. The van der Waals surface area contributed by atoms with E-state index in [0.717, 1.165) is 30.6 Å². The maximum atomic E-state index is 12.5. The van der Waals surface area contributed by atoms with Crippen molar-refractivity contribution in [3.05, 3.63) is 10.2 Å². The van der Waals surface area contributed by atoms with E-state index in [-0.39, 0.29) is 27.9 Å². The van der Waals surface area contributed by atoms with Gasteiger partial charge in [-0.2, -0.15) is 4.31 Å². The molecule has 0 atom stereocenters. The maximum Gasteiger partial charge on any atom is 0.254 e. The monoisotopic (exact) mass is 310 g/mol. The lowest BCUT2D eigenvalue weighted by atomic mass is 9.93. The number of thiazole rings is 1. The van der Waals surface area contributed by atoms with E-state index in [2.05, 4.69) is 4.98 Å². The summed E-state index contributed by atoms with van der Waals surface area (Å²) in [6, 6.07) is 0.00225. The van der Waals surface area contributed by atoms with Gasteiger partial charge in [-0.25, -0.2) is 13.4 Å². The van der Waals surface area contributed by atoms with Crippen molar-refractivity contribution in [1.29, 1.82) is 0 Å². The summed E-state index contributed by atoms with van der Waals surface area (Å²) in [6.07, 6.45) is 2.74. The number of halogens is 1. The number of aromatic nitrogens is 1. The third-order valence-corrected chi connectivity index (χ3v) is 6.87. The van der Waals surface area contributed by atoms with Crippen molar-refractivity contribution < 1.29 is 13.5 Å². The number of hydrogen-bond donors (Lipinski definition) is 1. The predicted octanol–water partition coefficient (Wildman–Crippen LogP) is 1.64. The summed E-state index contributed by atoms with van der Waals surface area (Å²) in [5, 5.41) is 9.05. The largest absolute Gasteiger partial charge is 0.395 e. The Balaban J connectivity index is 2.35. The number of nitrogens with zero attached hydrogens (tertiary/aromatic N) is 2. The Bertz CT molecular complexity index is 525. The summed E-state index contributed by atoms with van der Waals surface area (Å²) >= 11 is 6.73. The minimum atomic E-state index is -3.59. The van der Waals surface area contributed by atoms with Gasteiger partial charge in [0.25, 0.3) is 10.0 Å². The predicted molar refractivity (Wildman–Crippen MR) is 70.5 cm³/mol. The third-order valence-electron chi connectivity index (χ3n) is 3.07. The van der Waals surface area contributed by atoms with Crippen LogP contribution >= 0.6 is 22.9 Å². The van der Waals surface area contributed by atoms with Gasteiger partial charge in [0.15, 0.2) is 8.68 Å². The molecule has 1 heterocycles. The van der Waals surface area contributed by atoms with Crippen LogP contribution in [0.5, 0.6) is 0 Å². The van der Waals surface area contributed by atoms with Crippen molar-refractivity contribution in [3.63, 3.8) is 0 Å². The lowest BCUT2D eigenvalue weighted by Gasteiger charge is -2.35. The summed E-state index contributed by atoms with van der Waals surface area (Å²) in [7, 11) is -3.59. The first kappa shape index (κ1) is 14.2. The van der Waals surface area contributed by atoms with Crippen LogP contribution in [-0.2, 0) is 10.0 Å². The van der Waals surface area contributed by atoms with Crippen molar-refractivity contribution >= 4 is 33.0 Å². The number of aliphatic hydroxyl groups is 1. The summed E-state index contributed by atoms with van der Waals surface area (Å²) < 4.78 is 26.8. The highest BCUT2D eigenvalue weighted by atomic mass is 35.5. The Morgan fingerprint density at radius 1 is 1.56 bits per heavy atom. The second-order valence-corrected chi connectivity index (χ2v) is 7.93. The summed E-state index contributed by atoms with van der Waals surface area (Å²) in [5.41, 5.74) is 0.423. The fraction of sp³-hybridized carbons (Fsp3) is 0.700. The average Bonchev–Trinajstić information content (AvgIpc) is 2.55. The molecule has 0 saturated heterocycles. The van der Waals surface area contributed by atoms with E-state index in [4.69, 9.17) is 16.7 Å². The number of aliphatic hydroxyl groups excluding tert-OH is 1. The smallest absolute Gasteiger partial charge is 0.254 e. The Kier molecular flexibility index (Phi) is 4.28. The maximum absolute atomic E-state index is 12.5. The van der Waals surface area contributed by atoms with Gasteiger partial charge in [0.1, 0.15) is 0 Å². The minimum absolute atomic E-state index is 0.00225. The molecule has 1 N–H and O–H groups in total. The number of rotatable bonds is 5. The molecule has 0 radical (unpaired) electrons. The molecular formula is C10H15ClN2O3S2. The van der Waals surface area contributed by atoms with E-state index in [0.29, 0.717) is 5.69 Å². The lowest BCUT2D eigenvalue weighted by Crippen LogP contribution is -2.45. The standard InChI is InChI=1S/C10H15ClN2O3S2/c1-7-9(17-10(11)12-7)18(15,16)13(5-6-14)8-3-2-4-8/h8,14H,2-6H2,1H3. The average molecular weight is 311 g/mol. The van der Waals surface area contributed by atoms with Gasteiger partial charge in [0, 0.05) is 12.6 Å². The Morgan fingerprint density at radius 2 is 2.22 bits per heavy atom. The molecule has 5 nitrogen and oxygen atoms in total. The van der Waals surface area contributed by atoms with Crippen molar-refractivity contribution in [2.24, 2.45) is 0 Å². The molecule has 1 aromatic heterocycles. The van der Waals surface area contributed by atoms with Crippen LogP contribution in [0, 0.1) is 6.92 Å². The van der Waals surface area contributed by atoms with E-state index < -0.39 is 10.0 Å². The number of hydrogen-bond acceptors (Lipinski definition) is 5. The van der Waals surface area contributed by atoms with E-state index in [9.17, 15) is 8.42 Å². The van der Waals surface area contributed by atoms with Crippen molar-refractivity contribution in [1.82, 2.24) is 9.29 Å². The topological polar surface area (TPSA) is 70.5 Å². The highest BCUT2D eigenvalue weighted by Crippen LogP contribution is 2.34. The zero-order chi connectivity index (χ0) is 13.3. The van der Waals surface area contributed by atoms with Crippen LogP contribution in [0.3, 0.4) is 0 Å². The Morgan fingerprint density at radius 3 is 2.61 bits per heavy atom. The molecule has 0 amide bonds. The lowest BCUT2D eigenvalue weighted by molar-refractivity contribution is 0.178. The molecule has 102 valence electrons. The molecule has 18 heavy (non-hydrogen) atoms. The minimum Gasteiger partial charge on any atom is -0.395 e. The van der Waals surface area contributed by atoms with Crippen LogP contribution in [0.2, 0.25) is 4.47 Å². The quantitative estimate of drug-likeness (QED) is 0.897. The van der Waals surface area contributed by atoms with Crippen molar-refractivity contribution in [3.8, 4) is 0 Å². The van der Waals surface area contributed by atoms with E-state index >= 15 is 0 Å². The first-order valence-electron chi connectivity index (χ1n) is 5.72. The van der Waals surface area contributed by atoms with Crippen molar-refractivity contribution in [2.75, 3.05) is 13.2 Å². The molecule has 0 unspecified atom stereocenters. The molecule has 0 aromatic carbocycles. The molecule has 1 aromatic rings.